The van der Waals surface area contributed by atoms with Crippen molar-refractivity contribution in [1.82, 2.24) is 10.6 Å². The lowest BCUT2D eigenvalue weighted by Gasteiger charge is -2.48. The molecule has 9 N–H and O–H groups in total. The molecule has 1 unspecified atom stereocenters. The van der Waals surface area contributed by atoms with Crippen molar-refractivity contribution in [2.24, 2.45) is 5.73 Å². The first-order valence-corrected chi connectivity index (χ1v) is 23.2. The fourth-order valence-electron chi connectivity index (χ4n) is 7.39. The summed E-state index contributed by atoms with van der Waals surface area (Å²) in [5.74, 6) is -2.59. The molecule has 2 fully saturated rings. The second-order valence-electron chi connectivity index (χ2n) is 15.8. The van der Waals surface area contributed by atoms with Crippen molar-refractivity contribution in [2.45, 2.75) is 145 Å². The number of hydrogen-bond donors (Lipinski definition) is 8. The first-order chi connectivity index (χ1) is 31.5. The maximum atomic E-state index is 13.7. The van der Waals surface area contributed by atoms with Crippen LogP contribution in [0.1, 0.15) is 92.6 Å². The monoisotopic (exact) mass is 1010 g/mol. The average molecular weight is 1010 g/mol. The molecule has 2 aromatic carbocycles. The molecule has 2 aromatic rings. The van der Waals surface area contributed by atoms with Crippen molar-refractivity contribution in [2.75, 3.05) is 25.6 Å². The third-order valence-electron chi connectivity index (χ3n) is 10.8. The number of nitrogens with one attached hydrogen (secondary N) is 3. The number of anilines is 1. The number of carbonyl (C=O) groups is 3. The Hall–Kier alpha value is -3.65. The van der Waals surface area contributed by atoms with E-state index in [4.69, 9.17) is 45.3 Å². The fraction of sp³-hybridized carbons (Fsp3) is 0.634. The van der Waals surface area contributed by atoms with Crippen LogP contribution in [0, 0.1) is 0 Å². The Morgan fingerprint density at radius 3 is 2.06 bits per heavy atom. The number of halogens is 7. The van der Waals surface area contributed by atoms with Gasteiger partial charge >= 0.3 is 26.2 Å². The highest BCUT2D eigenvalue weighted by Crippen LogP contribution is 2.48. The lowest BCUT2D eigenvalue weighted by molar-refractivity contribution is -0.326. The molecule has 0 aliphatic carbocycles. The summed E-state index contributed by atoms with van der Waals surface area (Å²) >= 11 is 5.72. The van der Waals surface area contributed by atoms with E-state index >= 15 is 0 Å². The Morgan fingerprint density at radius 1 is 0.836 bits per heavy atom. The summed E-state index contributed by atoms with van der Waals surface area (Å²) in [7, 11) is -4.28. The average Bonchev–Trinajstić information content (AvgIpc) is 3.25. The number of rotatable bonds is 23. The van der Waals surface area contributed by atoms with Crippen LogP contribution in [0.15, 0.2) is 42.5 Å². The third kappa shape index (κ3) is 16.2. The first kappa shape index (κ1) is 55.9. The molecule has 11 atom stereocenters. The van der Waals surface area contributed by atoms with Gasteiger partial charge in [0, 0.05) is 18.4 Å². The Bertz CT molecular complexity index is 1990. The number of amides is 4. The Balaban J connectivity index is 1.68. The van der Waals surface area contributed by atoms with Gasteiger partial charge in [-0.3, -0.25) is 18.6 Å². The number of unbranched alkanes of at least 4 members (excludes halogenated alkanes) is 9. The summed E-state index contributed by atoms with van der Waals surface area (Å²) in [6.07, 6.45) is -16.9. The molecule has 2 aliphatic heterocycles. The van der Waals surface area contributed by atoms with Gasteiger partial charge in [-0.25, -0.2) is 9.36 Å². The number of hydrogen-bond acceptors (Lipinski definition) is 13. The number of urea groups is 1. The van der Waals surface area contributed by atoms with Crippen LogP contribution in [-0.2, 0) is 49.7 Å². The second-order valence-corrected chi connectivity index (χ2v) is 17.6. The number of alkyl halides is 6. The normalized spacial score (nSPS) is 26.6. The summed E-state index contributed by atoms with van der Waals surface area (Å²) in [6, 6.07) is 0.158. The van der Waals surface area contributed by atoms with E-state index in [-0.39, 0.29) is 6.61 Å². The minimum absolute atomic E-state index is 0.294. The van der Waals surface area contributed by atoms with Crippen LogP contribution in [-0.4, -0.2) is 120 Å². The SMILES string of the molecule is CCCCCCCCCCCCOP(=O)(O)O[C@H]1O[C@H](C(N)=O)[C@@H](OC)[C@H](NC(=O)Nc2ccc(Cl)c(C(F)(F)F)c2)[C@H]1O[C@@H]1O[C@H](CO)[C@@H](O)[C@H](O)[C@H]1NC(=O)c1cccc(C(F)(F)F)c1. The zero-order valence-corrected chi connectivity index (χ0v) is 38.0. The summed E-state index contributed by atoms with van der Waals surface area (Å²) in [5.41, 5.74) is 1.98. The molecule has 4 amide bonds. The largest absolute Gasteiger partial charge is 0.474 e. The van der Waals surface area contributed by atoms with Crippen molar-refractivity contribution >= 4 is 43.0 Å². The quantitative estimate of drug-likeness (QED) is 0.0373. The summed E-state index contributed by atoms with van der Waals surface area (Å²) < 4.78 is 129. The number of phosphoric ester groups is 1. The molecule has 2 aliphatic rings. The van der Waals surface area contributed by atoms with Crippen LogP contribution in [0.5, 0.6) is 0 Å². The number of aliphatic hydroxyl groups is 3. The van der Waals surface area contributed by atoms with Crippen molar-refractivity contribution in [3.05, 3.63) is 64.2 Å². The van der Waals surface area contributed by atoms with E-state index in [0.29, 0.717) is 31.0 Å². The third-order valence-corrected chi connectivity index (χ3v) is 12.2. The van der Waals surface area contributed by atoms with E-state index in [1.54, 1.807) is 0 Å². The van der Waals surface area contributed by atoms with Gasteiger partial charge in [0.25, 0.3) is 5.91 Å². The Morgan fingerprint density at radius 2 is 1.48 bits per heavy atom. The molecular formula is C41H56ClF6N4O14P. The highest BCUT2D eigenvalue weighted by Gasteiger charge is 2.55. The Kier molecular flexibility index (Phi) is 21.1. The summed E-state index contributed by atoms with van der Waals surface area (Å²) in [4.78, 5) is 50.9. The molecule has 0 aromatic heterocycles. The molecule has 0 saturated carbocycles. The molecule has 4 rings (SSSR count). The van der Waals surface area contributed by atoms with E-state index in [2.05, 4.69) is 22.9 Å². The predicted octanol–water partition coefficient (Wildman–Crippen LogP) is 5.77. The maximum absolute atomic E-state index is 13.7. The standard InChI is InChI=1S/C41H56ClF6N4O14P/c1-3-4-5-6-7-8-9-10-11-12-18-62-67(59,60)66-38-33(29(32(61-2)34(65-38)35(49)56)52-39(58)50-24-16-17-26(42)25(20-24)41(46,47)48)64-37-28(31(55)30(54)27(21-53)63-37)51-36(57)22-14-13-15-23(19-22)40(43,44)45/h13-17,19-20,27-34,37-38,53-55H,3-12,18,21H2,1-2H3,(H2,49,56)(H,51,57)(H,59,60)(H2,50,52,58)/t27-,28-,29+,30-,31-,32+,33-,34+,37+,38-/m1/s1. The van der Waals surface area contributed by atoms with Crippen LogP contribution in [0.4, 0.5) is 36.8 Å². The van der Waals surface area contributed by atoms with Gasteiger partial charge in [0.05, 0.1) is 35.4 Å². The summed E-state index contributed by atoms with van der Waals surface area (Å²) in [5, 5.41) is 38.1. The van der Waals surface area contributed by atoms with E-state index in [1.165, 1.54) is 6.42 Å². The van der Waals surface area contributed by atoms with Gasteiger partial charge in [-0.15, -0.1) is 0 Å². The zero-order valence-electron chi connectivity index (χ0n) is 36.3. The van der Waals surface area contributed by atoms with Crippen molar-refractivity contribution < 1.29 is 93.5 Å². The number of methoxy groups -OCH3 is 1. The molecule has 0 spiro atoms. The fourth-order valence-corrected chi connectivity index (χ4v) is 8.47. The number of benzene rings is 2. The van der Waals surface area contributed by atoms with Crippen molar-refractivity contribution in [3.63, 3.8) is 0 Å². The number of phosphoric acid groups is 1. The van der Waals surface area contributed by atoms with Crippen LogP contribution < -0.4 is 21.7 Å². The lowest BCUT2D eigenvalue weighted by atomic mass is 9.93. The number of aliphatic hydroxyl groups excluding tert-OH is 3. The molecule has 0 bridgehead atoms. The van der Waals surface area contributed by atoms with Crippen LogP contribution in [0.2, 0.25) is 5.02 Å². The van der Waals surface area contributed by atoms with Crippen LogP contribution in [0.25, 0.3) is 0 Å². The topological polar surface area (TPSA) is 267 Å². The van der Waals surface area contributed by atoms with Crippen LogP contribution in [0.3, 0.4) is 0 Å². The first-order valence-electron chi connectivity index (χ1n) is 21.3. The Labute approximate surface area is 386 Å². The lowest BCUT2D eigenvalue weighted by Crippen LogP contribution is -2.71. The van der Waals surface area contributed by atoms with Gasteiger partial charge in [0.1, 0.15) is 36.6 Å². The molecule has 67 heavy (non-hydrogen) atoms. The highest BCUT2D eigenvalue weighted by molar-refractivity contribution is 7.47. The molecule has 2 heterocycles. The number of carbonyl (C=O) groups excluding carboxylic acids is 3. The van der Waals surface area contributed by atoms with Gasteiger partial charge in [0.2, 0.25) is 5.91 Å². The van der Waals surface area contributed by atoms with Gasteiger partial charge in [-0.2, -0.15) is 26.3 Å². The zero-order chi connectivity index (χ0) is 49.7. The van der Waals surface area contributed by atoms with E-state index in [9.17, 15) is 65.5 Å². The van der Waals surface area contributed by atoms with Gasteiger partial charge in [0.15, 0.2) is 18.7 Å². The second kappa shape index (κ2) is 25.3. The number of primary amides is 1. The molecule has 26 heteroatoms. The molecule has 0 radical (unpaired) electrons. The van der Waals surface area contributed by atoms with E-state index in [0.717, 1.165) is 76.3 Å². The molecule has 18 nitrogen and oxygen atoms in total. The van der Waals surface area contributed by atoms with Crippen molar-refractivity contribution in [3.8, 4) is 0 Å². The molecule has 2 saturated heterocycles. The summed E-state index contributed by atoms with van der Waals surface area (Å²) in [6.45, 7) is 0.769. The highest BCUT2D eigenvalue weighted by atomic mass is 35.5. The number of nitrogens with two attached hydrogens (primary N) is 1. The van der Waals surface area contributed by atoms with Crippen LogP contribution >= 0.6 is 19.4 Å². The van der Waals surface area contributed by atoms with Gasteiger partial charge in [-0.1, -0.05) is 82.4 Å². The molecule has 378 valence electrons. The van der Waals surface area contributed by atoms with Gasteiger partial charge < -0.3 is 60.8 Å². The predicted molar refractivity (Wildman–Crippen MR) is 225 cm³/mol. The van der Waals surface area contributed by atoms with E-state index < -0.39 is 133 Å². The maximum Gasteiger partial charge on any atom is 0.474 e. The molecular weight excluding hydrogens is 953 g/mol. The van der Waals surface area contributed by atoms with Gasteiger partial charge in [-0.05, 0) is 42.8 Å². The minimum atomic E-state index is -5.27. The number of ether oxygens (including phenoxy) is 4. The van der Waals surface area contributed by atoms with E-state index in [1.807, 2.05) is 0 Å². The minimum Gasteiger partial charge on any atom is -0.394 e. The van der Waals surface area contributed by atoms with Crippen molar-refractivity contribution in [1.29, 1.82) is 0 Å². The smallest absolute Gasteiger partial charge is 0.394 e.